The van der Waals surface area contributed by atoms with Crippen molar-refractivity contribution in [2.75, 3.05) is 19.0 Å². The van der Waals surface area contributed by atoms with E-state index in [4.69, 9.17) is 9.47 Å². The Morgan fingerprint density at radius 3 is 2.28 bits per heavy atom. The largest absolute Gasteiger partial charge is 0.497 e. The van der Waals surface area contributed by atoms with Crippen molar-refractivity contribution >= 4 is 17.6 Å². The van der Waals surface area contributed by atoms with Crippen molar-refractivity contribution in [1.29, 1.82) is 0 Å². The molecule has 1 heterocycles. The molecule has 0 unspecified atom stereocenters. The molecule has 168 valence electrons. The van der Waals surface area contributed by atoms with Crippen molar-refractivity contribution in [3.63, 3.8) is 0 Å². The zero-order valence-corrected chi connectivity index (χ0v) is 19.1. The van der Waals surface area contributed by atoms with E-state index in [2.05, 4.69) is 20.7 Å². The molecule has 0 saturated carbocycles. The van der Waals surface area contributed by atoms with Gasteiger partial charge >= 0.3 is 0 Å². The molecule has 3 rings (SSSR count). The van der Waals surface area contributed by atoms with E-state index in [9.17, 15) is 4.79 Å². The minimum Gasteiger partial charge on any atom is -0.497 e. The molecule has 32 heavy (non-hydrogen) atoms. The summed E-state index contributed by atoms with van der Waals surface area (Å²) in [6.07, 6.45) is 0. The summed E-state index contributed by atoms with van der Waals surface area (Å²) in [5.41, 5.74) is 4.25. The number of guanidine groups is 1. The van der Waals surface area contributed by atoms with Gasteiger partial charge in [-0.15, -0.1) is 0 Å². The van der Waals surface area contributed by atoms with E-state index >= 15 is 0 Å². The smallest absolute Gasteiger partial charge is 0.257 e. The predicted octanol–water partition coefficient (Wildman–Crippen LogP) is 3.84. The van der Waals surface area contributed by atoms with Gasteiger partial charge in [0.2, 0.25) is 5.96 Å². The molecule has 0 fully saturated rings. The number of methoxy groups -OCH3 is 1. The molecule has 8 heteroatoms. The van der Waals surface area contributed by atoms with E-state index in [1.165, 1.54) is 0 Å². The second-order valence-corrected chi connectivity index (χ2v) is 7.20. The maximum atomic E-state index is 12.8. The van der Waals surface area contributed by atoms with Gasteiger partial charge in [0.1, 0.15) is 11.5 Å². The SMILES string of the molecule is CCOc1ccc(NC(=NCc2c(C)nn(C)c2C)NC(=O)c2ccc(OC)cc2)cc1. The number of anilines is 1. The quantitative estimate of drug-likeness (QED) is 0.435. The van der Waals surface area contributed by atoms with E-state index in [0.717, 1.165) is 28.4 Å². The third kappa shape index (κ3) is 5.66. The molecule has 3 aromatic rings. The number of hydrogen-bond acceptors (Lipinski definition) is 5. The number of aliphatic imine (C=N–C) groups is 1. The van der Waals surface area contributed by atoms with Crippen LogP contribution in [0.2, 0.25) is 0 Å². The first-order valence-corrected chi connectivity index (χ1v) is 10.4. The molecule has 2 N–H and O–H groups in total. The topological polar surface area (TPSA) is 89.8 Å². The van der Waals surface area contributed by atoms with Crippen LogP contribution in [0.3, 0.4) is 0 Å². The third-order valence-corrected chi connectivity index (χ3v) is 5.07. The Labute approximate surface area is 188 Å². The highest BCUT2D eigenvalue weighted by molar-refractivity contribution is 6.10. The van der Waals surface area contributed by atoms with Crippen molar-refractivity contribution in [2.45, 2.75) is 27.3 Å². The maximum Gasteiger partial charge on any atom is 0.257 e. The molecule has 1 aromatic heterocycles. The van der Waals surface area contributed by atoms with Gasteiger partial charge in [-0.05, 0) is 69.3 Å². The van der Waals surface area contributed by atoms with Crippen LogP contribution in [-0.4, -0.2) is 35.4 Å². The molecule has 0 aliphatic rings. The summed E-state index contributed by atoms with van der Waals surface area (Å²) in [6, 6.07) is 14.4. The summed E-state index contributed by atoms with van der Waals surface area (Å²) < 4.78 is 12.5. The normalized spacial score (nSPS) is 11.2. The van der Waals surface area contributed by atoms with Crippen LogP contribution in [0.1, 0.15) is 34.2 Å². The zero-order chi connectivity index (χ0) is 23.1. The highest BCUT2D eigenvalue weighted by atomic mass is 16.5. The molecule has 0 spiro atoms. The summed E-state index contributed by atoms with van der Waals surface area (Å²) in [7, 11) is 3.49. The average Bonchev–Trinajstić information content (AvgIpc) is 3.04. The van der Waals surface area contributed by atoms with Gasteiger partial charge < -0.3 is 14.8 Å². The molecule has 1 amide bonds. The number of aromatic nitrogens is 2. The fraction of sp³-hybridized carbons (Fsp3) is 0.292. The Morgan fingerprint density at radius 2 is 1.72 bits per heavy atom. The van der Waals surface area contributed by atoms with E-state index in [-0.39, 0.29) is 5.91 Å². The van der Waals surface area contributed by atoms with Crippen molar-refractivity contribution in [2.24, 2.45) is 12.0 Å². The molecule has 0 bridgehead atoms. The van der Waals surface area contributed by atoms with Gasteiger partial charge in [0.25, 0.3) is 5.91 Å². The van der Waals surface area contributed by atoms with Gasteiger partial charge in [0, 0.05) is 29.6 Å². The number of carbonyl (C=O) groups is 1. The van der Waals surface area contributed by atoms with Gasteiger partial charge in [-0.1, -0.05) is 0 Å². The van der Waals surface area contributed by atoms with Gasteiger partial charge in [-0.25, -0.2) is 4.99 Å². The standard InChI is InChI=1S/C24H29N5O3/c1-6-32-21-13-9-19(10-14-21)26-24(25-15-22-16(2)28-29(4)17(22)3)27-23(30)18-7-11-20(31-5)12-8-18/h7-14H,6,15H2,1-5H3,(H2,25,26,27,30). The summed E-state index contributed by atoms with van der Waals surface area (Å²) in [6.45, 7) is 6.87. The molecule has 0 aliphatic heterocycles. The number of nitrogens with one attached hydrogen (secondary N) is 2. The fourth-order valence-electron chi connectivity index (χ4n) is 3.17. The summed E-state index contributed by atoms with van der Waals surface area (Å²) >= 11 is 0. The zero-order valence-electron chi connectivity index (χ0n) is 19.1. The number of nitrogens with zero attached hydrogens (tertiary/aromatic N) is 3. The van der Waals surface area contributed by atoms with Crippen molar-refractivity contribution in [3.05, 3.63) is 71.0 Å². The lowest BCUT2D eigenvalue weighted by atomic mass is 10.2. The second-order valence-electron chi connectivity index (χ2n) is 7.20. The lowest BCUT2D eigenvalue weighted by Gasteiger charge is -2.13. The Hall–Kier alpha value is -3.81. The number of rotatable bonds is 7. The van der Waals surface area contributed by atoms with Crippen molar-refractivity contribution < 1.29 is 14.3 Å². The van der Waals surface area contributed by atoms with Gasteiger partial charge in [-0.2, -0.15) is 5.10 Å². The minimum absolute atomic E-state index is 0.274. The first-order valence-electron chi connectivity index (χ1n) is 10.4. The van der Waals surface area contributed by atoms with E-state index in [1.54, 1.807) is 31.4 Å². The molecule has 0 atom stereocenters. The third-order valence-electron chi connectivity index (χ3n) is 5.07. The highest BCUT2D eigenvalue weighted by Gasteiger charge is 2.12. The molecule has 0 radical (unpaired) electrons. The Morgan fingerprint density at radius 1 is 1.06 bits per heavy atom. The Kier molecular flexibility index (Phi) is 7.49. The monoisotopic (exact) mass is 435 g/mol. The van der Waals surface area contributed by atoms with Gasteiger partial charge in [0.05, 0.1) is 26.0 Å². The average molecular weight is 436 g/mol. The van der Waals surface area contributed by atoms with Crippen LogP contribution in [-0.2, 0) is 13.6 Å². The predicted molar refractivity (Wildman–Crippen MR) is 126 cm³/mol. The Bertz CT molecular complexity index is 1090. The first kappa shape index (κ1) is 22.9. The van der Waals surface area contributed by atoms with Crippen molar-refractivity contribution in [3.8, 4) is 11.5 Å². The number of hydrogen-bond donors (Lipinski definition) is 2. The van der Waals surface area contributed by atoms with Gasteiger partial charge in [0.15, 0.2) is 0 Å². The van der Waals surface area contributed by atoms with Crippen LogP contribution in [0.4, 0.5) is 5.69 Å². The lowest BCUT2D eigenvalue weighted by Crippen LogP contribution is -2.36. The number of benzene rings is 2. The van der Waals surface area contributed by atoms with E-state index in [0.29, 0.717) is 30.4 Å². The van der Waals surface area contributed by atoms with Crippen LogP contribution >= 0.6 is 0 Å². The van der Waals surface area contributed by atoms with Gasteiger partial charge in [-0.3, -0.25) is 14.8 Å². The molecular weight excluding hydrogens is 406 g/mol. The van der Waals surface area contributed by atoms with Crippen LogP contribution in [0.25, 0.3) is 0 Å². The van der Waals surface area contributed by atoms with Crippen LogP contribution in [0.15, 0.2) is 53.5 Å². The van der Waals surface area contributed by atoms with Crippen molar-refractivity contribution in [1.82, 2.24) is 15.1 Å². The maximum absolute atomic E-state index is 12.8. The van der Waals surface area contributed by atoms with E-state index < -0.39 is 0 Å². The lowest BCUT2D eigenvalue weighted by molar-refractivity contribution is 0.0977. The molecule has 0 saturated heterocycles. The summed E-state index contributed by atoms with van der Waals surface area (Å²) in [5, 5.41) is 10.5. The molecule has 2 aromatic carbocycles. The summed E-state index contributed by atoms with van der Waals surface area (Å²) in [5.74, 6) is 1.54. The number of aryl methyl sites for hydroxylation is 2. The second kappa shape index (κ2) is 10.5. The number of ether oxygens (including phenoxy) is 2. The highest BCUT2D eigenvalue weighted by Crippen LogP contribution is 2.17. The first-order chi connectivity index (χ1) is 15.4. The minimum atomic E-state index is -0.274. The van der Waals surface area contributed by atoms with Crippen LogP contribution in [0.5, 0.6) is 11.5 Å². The summed E-state index contributed by atoms with van der Waals surface area (Å²) in [4.78, 5) is 17.5. The fourth-order valence-corrected chi connectivity index (χ4v) is 3.17. The van der Waals surface area contributed by atoms with Crippen LogP contribution < -0.4 is 20.1 Å². The molecular formula is C24H29N5O3. The number of amides is 1. The van der Waals surface area contributed by atoms with E-state index in [1.807, 2.05) is 56.8 Å². The van der Waals surface area contributed by atoms with Crippen LogP contribution in [0, 0.1) is 13.8 Å². The Balaban J connectivity index is 1.82. The number of carbonyl (C=O) groups excluding carboxylic acids is 1. The molecule has 8 nitrogen and oxygen atoms in total. The molecule has 0 aliphatic carbocycles.